The summed E-state index contributed by atoms with van der Waals surface area (Å²) in [6.45, 7) is 2.64. The van der Waals surface area contributed by atoms with E-state index in [4.69, 9.17) is 9.84 Å². The Labute approximate surface area is 116 Å². The zero-order valence-electron chi connectivity index (χ0n) is 11.2. The van der Waals surface area contributed by atoms with Gasteiger partial charge < -0.3 is 20.1 Å². The van der Waals surface area contributed by atoms with E-state index in [2.05, 4.69) is 10.3 Å². The van der Waals surface area contributed by atoms with Crippen molar-refractivity contribution in [3.63, 3.8) is 0 Å². The number of rotatable bonds is 5. The average molecular weight is 279 g/mol. The van der Waals surface area contributed by atoms with Gasteiger partial charge >= 0.3 is 12.0 Å². The van der Waals surface area contributed by atoms with Crippen molar-refractivity contribution in [2.24, 2.45) is 0 Å². The Balaban J connectivity index is 1.72. The third-order valence-corrected chi connectivity index (χ3v) is 3.05. The van der Waals surface area contributed by atoms with Crippen LogP contribution in [0.3, 0.4) is 0 Å². The molecule has 1 fully saturated rings. The van der Waals surface area contributed by atoms with Gasteiger partial charge in [0.2, 0.25) is 0 Å². The topological polar surface area (TPSA) is 91.8 Å². The van der Waals surface area contributed by atoms with Crippen molar-refractivity contribution in [3.05, 3.63) is 30.1 Å². The molecule has 1 aromatic rings. The van der Waals surface area contributed by atoms with Gasteiger partial charge in [0.05, 0.1) is 13.1 Å². The lowest BCUT2D eigenvalue weighted by Gasteiger charge is -2.46. The fourth-order valence-electron chi connectivity index (χ4n) is 2.02. The molecular weight excluding hydrogens is 262 g/mol. The fraction of sp³-hybridized carbons (Fsp3) is 0.462. The molecular formula is C13H17N3O4. The number of amides is 2. The molecule has 7 nitrogen and oxygen atoms in total. The predicted octanol–water partition coefficient (Wildman–Crippen LogP) is 0.467. The summed E-state index contributed by atoms with van der Waals surface area (Å²) in [6.07, 6.45) is 3.36. The second-order valence-corrected chi connectivity index (χ2v) is 5.01. The van der Waals surface area contributed by atoms with E-state index >= 15 is 0 Å². The van der Waals surface area contributed by atoms with E-state index < -0.39 is 11.6 Å². The summed E-state index contributed by atoms with van der Waals surface area (Å²) < 4.78 is 5.24. The predicted molar refractivity (Wildman–Crippen MR) is 70.0 cm³/mol. The number of carbonyl (C=O) groups excluding carboxylic acids is 1. The molecule has 0 spiro atoms. The van der Waals surface area contributed by atoms with Crippen LogP contribution >= 0.6 is 0 Å². The van der Waals surface area contributed by atoms with Gasteiger partial charge in [0, 0.05) is 18.9 Å². The maximum atomic E-state index is 11.8. The molecule has 7 heteroatoms. The van der Waals surface area contributed by atoms with Crippen molar-refractivity contribution in [1.82, 2.24) is 15.2 Å². The molecule has 0 saturated carbocycles. The Kier molecular flexibility index (Phi) is 4.19. The molecule has 1 aliphatic heterocycles. The van der Waals surface area contributed by atoms with E-state index in [0.29, 0.717) is 19.6 Å². The summed E-state index contributed by atoms with van der Waals surface area (Å²) in [6, 6.07) is 3.50. The van der Waals surface area contributed by atoms with Crippen molar-refractivity contribution in [1.29, 1.82) is 0 Å². The Morgan fingerprint density at radius 1 is 1.55 bits per heavy atom. The lowest BCUT2D eigenvalue weighted by atomic mass is 9.97. The maximum absolute atomic E-state index is 11.8. The van der Waals surface area contributed by atoms with Gasteiger partial charge in [-0.2, -0.15) is 0 Å². The van der Waals surface area contributed by atoms with E-state index in [1.807, 2.05) is 12.1 Å². The number of aromatic nitrogens is 1. The molecule has 108 valence electrons. The highest BCUT2D eigenvalue weighted by Gasteiger charge is 2.42. The van der Waals surface area contributed by atoms with Crippen LogP contribution in [0, 0.1) is 0 Å². The smallest absolute Gasteiger partial charge is 0.329 e. The molecule has 2 N–H and O–H groups in total. The first-order chi connectivity index (χ1) is 9.48. The van der Waals surface area contributed by atoms with Gasteiger partial charge in [-0.15, -0.1) is 0 Å². The maximum Gasteiger partial charge on any atom is 0.329 e. The van der Waals surface area contributed by atoms with E-state index in [9.17, 15) is 9.59 Å². The van der Waals surface area contributed by atoms with Crippen molar-refractivity contribution >= 4 is 12.0 Å². The minimum atomic E-state index is -1.01. The van der Waals surface area contributed by atoms with Crippen LogP contribution < -0.4 is 5.32 Å². The summed E-state index contributed by atoms with van der Waals surface area (Å²) >= 11 is 0. The van der Waals surface area contributed by atoms with Gasteiger partial charge in [-0.3, -0.25) is 4.98 Å². The normalized spacial score (nSPS) is 16.4. The Morgan fingerprint density at radius 2 is 2.30 bits per heavy atom. The number of ether oxygens (including phenoxy) is 1. The Bertz CT molecular complexity index is 486. The first kappa shape index (κ1) is 14.3. The molecule has 2 amide bonds. The number of aliphatic carboxylic acids is 1. The zero-order chi connectivity index (χ0) is 14.6. The molecule has 2 heterocycles. The third-order valence-electron chi connectivity index (χ3n) is 3.05. The van der Waals surface area contributed by atoms with Crippen molar-refractivity contribution in [2.45, 2.75) is 19.1 Å². The number of nitrogens with one attached hydrogen (secondary N) is 1. The molecule has 0 radical (unpaired) electrons. The largest absolute Gasteiger partial charge is 0.480 e. The standard InChI is InChI=1S/C13H17N3O4/c1-13(20-7-11(17)18)8-16(9-13)12(19)15-6-10-3-2-4-14-5-10/h2-5H,6-9H2,1H3,(H,15,19)(H,17,18). The molecule has 2 rings (SSSR count). The number of pyridine rings is 1. The molecule has 0 atom stereocenters. The first-order valence-corrected chi connectivity index (χ1v) is 6.26. The Morgan fingerprint density at radius 3 is 2.90 bits per heavy atom. The van der Waals surface area contributed by atoms with Gasteiger partial charge in [0.1, 0.15) is 12.2 Å². The molecule has 0 aromatic carbocycles. The number of carboxylic acid groups (broad SMARTS) is 1. The lowest BCUT2D eigenvalue weighted by Crippen LogP contribution is -2.65. The summed E-state index contributed by atoms with van der Waals surface area (Å²) in [4.78, 5) is 27.8. The highest BCUT2D eigenvalue weighted by atomic mass is 16.5. The highest BCUT2D eigenvalue weighted by Crippen LogP contribution is 2.24. The first-order valence-electron chi connectivity index (χ1n) is 6.26. The van der Waals surface area contributed by atoms with Crippen LogP contribution in [0.4, 0.5) is 4.79 Å². The van der Waals surface area contributed by atoms with Crippen LogP contribution in [0.25, 0.3) is 0 Å². The number of carbonyl (C=O) groups is 2. The molecule has 0 bridgehead atoms. The van der Waals surface area contributed by atoms with Crippen LogP contribution in [0.15, 0.2) is 24.5 Å². The number of likely N-dealkylation sites (tertiary alicyclic amines) is 1. The molecule has 20 heavy (non-hydrogen) atoms. The number of nitrogens with zero attached hydrogens (tertiary/aromatic N) is 2. The van der Waals surface area contributed by atoms with E-state index in [1.165, 1.54) is 0 Å². The second kappa shape index (κ2) is 5.87. The zero-order valence-corrected chi connectivity index (χ0v) is 11.2. The summed E-state index contributed by atoms with van der Waals surface area (Å²) in [7, 11) is 0. The van der Waals surface area contributed by atoms with Crippen LogP contribution in [0.1, 0.15) is 12.5 Å². The minimum absolute atomic E-state index is 0.190. The average Bonchev–Trinajstić information content (AvgIpc) is 2.40. The summed E-state index contributed by atoms with van der Waals surface area (Å²) in [5.41, 5.74) is 0.357. The number of hydrogen-bond donors (Lipinski definition) is 2. The molecule has 1 aromatic heterocycles. The summed E-state index contributed by atoms with van der Waals surface area (Å²) in [5.74, 6) is -1.01. The fourth-order valence-corrected chi connectivity index (χ4v) is 2.02. The quantitative estimate of drug-likeness (QED) is 0.817. The van der Waals surface area contributed by atoms with E-state index in [1.54, 1.807) is 24.2 Å². The SMILES string of the molecule is CC1(OCC(=O)O)CN(C(=O)NCc2cccnc2)C1. The van der Waals surface area contributed by atoms with Crippen molar-refractivity contribution in [2.75, 3.05) is 19.7 Å². The number of carboxylic acids is 1. The minimum Gasteiger partial charge on any atom is -0.480 e. The van der Waals surface area contributed by atoms with Crippen LogP contribution in [-0.2, 0) is 16.1 Å². The second-order valence-electron chi connectivity index (χ2n) is 5.01. The van der Waals surface area contributed by atoms with Gasteiger partial charge in [0.25, 0.3) is 0 Å². The van der Waals surface area contributed by atoms with Crippen molar-refractivity contribution < 1.29 is 19.4 Å². The van der Waals surface area contributed by atoms with Gasteiger partial charge in [-0.1, -0.05) is 6.07 Å². The van der Waals surface area contributed by atoms with Crippen molar-refractivity contribution in [3.8, 4) is 0 Å². The monoisotopic (exact) mass is 279 g/mol. The third kappa shape index (κ3) is 3.67. The highest BCUT2D eigenvalue weighted by molar-refractivity contribution is 5.75. The molecule has 1 saturated heterocycles. The van der Waals surface area contributed by atoms with Crippen LogP contribution in [-0.4, -0.2) is 52.3 Å². The Hall–Kier alpha value is -2.15. The van der Waals surface area contributed by atoms with E-state index in [0.717, 1.165) is 5.56 Å². The molecule has 0 aliphatic carbocycles. The van der Waals surface area contributed by atoms with E-state index in [-0.39, 0.29) is 12.6 Å². The molecule has 0 unspecified atom stereocenters. The van der Waals surface area contributed by atoms with Gasteiger partial charge in [0.15, 0.2) is 0 Å². The summed E-state index contributed by atoms with van der Waals surface area (Å²) in [5, 5.41) is 11.3. The molecule has 1 aliphatic rings. The van der Waals surface area contributed by atoms with Gasteiger partial charge in [-0.05, 0) is 18.6 Å². The van der Waals surface area contributed by atoms with Gasteiger partial charge in [-0.25, -0.2) is 9.59 Å². The van der Waals surface area contributed by atoms with Crippen LogP contribution in [0.5, 0.6) is 0 Å². The van der Waals surface area contributed by atoms with Crippen LogP contribution in [0.2, 0.25) is 0 Å². The number of hydrogen-bond acceptors (Lipinski definition) is 4. The lowest BCUT2D eigenvalue weighted by molar-refractivity contribution is -0.159. The number of urea groups is 1.